The number of rotatable bonds is 8. The van der Waals surface area contributed by atoms with E-state index in [2.05, 4.69) is 5.32 Å². The van der Waals surface area contributed by atoms with Crippen molar-refractivity contribution in [2.24, 2.45) is 14.1 Å². The molecule has 3 N–H and O–H groups in total. The molecule has 1 unspecified atom stereocenters. The van der Waals surface area contributed by atoms with E-state index in [-0.39, 0.29) is 22.9 Å². The molecule has 8 nitrogen and oxygen atoms in total. The Morgan fingerprint density at radius 3 is 2.56 bits per heavy atom. The number of imidazole rings is 1. The van der Waals surface area contributed by atoms with Gasteiger partial charge >= 0.3 is 11.7 Å². The number of ether oxygens (including phenoxy) is 1. The highest BCUT2D eigenvalue weighted by atomic mass is 35.5. The number of anilines is 1. The quantitative estimate of drug-likeness (QED) is 0.352. The van der Waals surface area contributed by atoms with Crippen LogP contribution in [0.2, 0.25) is 5.02 Å². The Bertz CT molecular complexity index is 1430. The normalized spacial score (nSPS) is 12.0. The maximum atomic E-state index is 12.1. The van der Waals surface area contributed by atoms with E-state index in [4.69, 9.17) is 16.3 Å². The molecule has 1 aromatic heterocycles. The lowest BCUT2D eigenvalue weighted by Crippen LogP contribution is -2.19. The Morgan fingerprint density at radius 2 is 1.79 bits per heavy atom. The number of carboxylic acid groups (broad SMARTS) is 1. The third kappa shape index (κ3) is 4.64. The molecule has 0 aliphatic rings. The smallest absolute Gasteiger partial charge is 0.337 e. The lowest BCUT2D eigenvalue weighted by molar-refractivity contribution is 0.0697. The van der Waals surface area contributed by atoms with Crippen molar-refractivity contribution in [3.05, 3.63) is 92.9 Å². The number of aromatic nitrogens is 2. The molecular weight excluding hydrogens is 458 g/mol. The number of benzene rings is 3. The summed E-state index contributed by atoms with van der Waals surface area (Å²) < 4.78 is 9.02. The van der Waals surface area contributed by atoms with Crippen LogP contribution in [0.4, 0.5) is 5.69 Å². The van der Waals surface area contributed by atoms with E-state index in [1.54, 1.807) is 47.5 Å². The lowest BCUT2D eigenvalue weighted by atomic mass is 10.1. The Hall–Kier alpha value is -3.75. The summed E-state index contributed by atoms with van der Waals surface area (Å²) in [5.74, 6) is -0.505. The molecule has 3 aromatic carbocycles. The minimum Gasteiger partial charge on any atom is -0.490 e. The molecule has 0 aliphatic carbocycles. The summed E-state index contributed by atoms with van der Waals surface area (Å²) in [6.45, 7) is 0.401. The molecule has 176 valence electrons. The van der Waals surface area contributed by atoms with Crippen molar-refractivity contribution in [2.75, 3.05) is 11.9 Å². The Labute approximate surface area is 200 Å². The van der Waals surface area contributed by atoms with Gasteiger partial charge in [-0.1, -0.05) is 35.9 Å². The van der Waals surface area contributed by atoms with Gasteiger partial charge in [0.25, 0.3) is 0 Å². The van der Waals surface area contributed by atoms with E-state index >= 15 is 0 Å². The Kier molecular flexibility index (Phi) is 6.63. The molecule has 0 aliphatic heterocycles. The molecule has 34 heavy (non-hydrogen) atoms. The first-order valence-corrected chi connectivity index (χ1v) is 10.9. The van der Waals surface area contributed by atoms with Crippen LogP contribution in [0.3, 0.4) is 0 Å². The largest absolute Gasteiger partial charge is 0.490 e. The zero-order valence-electron chi connectivity index (χ0n) is 18.7. The van der Waals surface area contributed by atoms with Crippen molar-refractivity contribution in [3.63, 3.8) is 0 Å². The van der Waals surface area contributed by atoms with Crippen molar-refractivity contribution in [1.29, 1.82) is 0 Å². The number of carboxylic acids is 1. The number of halogens is 1. The van der Waals surface area contributed by atoms with E-state index in [0.717, 1.165) is 16.6 Å². The summed E-state index contributed by atoms with van der Waals surface area (Å²) in [5, 5.41) is 23.3. The highest BCUT2D eigenvalue weighted by molar-refractivity contribution is 6.33. The number of aliphatic hydroxyl groups is 1. The second-order valence-corrected chi connectivity index (χ2v) is 8.34. The third-order valence-corrected chi connectivity index (χ3v) is 6.06. The highest BCUT2D eigenvalue weighted by Gasteiger charge is 2.15. The second-order valence-electron chi connectivity index (χ2n) is 7.94. The van der Waals surface area contributed by atoms with Crippen LogP contribution >= 0.6 is 11.6 Å². The van der Waals surface area contributed by atoms with Crippen molar-refractivity contribution in [3.8, 4) is 5.75 Å². The molecule has 4 rings (SSSR count). The molecule has 0 radical (unpaired) electrons. The fourth-order valence-corrected chi connectivity index (χ4v) is 3.98. The van der Waals surface area contributed by atoms with Crippen molar-refractivity contribution >= 4 is 34.3 Å². The van der Waals surface area contributed by atoms with Crippen molar-refractivity contribution < 1.29 is 19.7 Å². The third-order valence-electron chi connectivity index (χ3n) is 5.73. The van der Waals surface area contributed by atoms with Crippen LogP contribution in [0.1, 0.15) is 27.6 Å². The fraction of sp³-hybridized carbons (Fsp3) is 0.200. The van der Waals surface area contributed by atoms with Crippen LogP contribution < -0.4 is 15.7 Å². The molecule has 9 heteroatoms. The maximum absolute atomic E-state index is 12.1. The summed E-state index contributed by atoms with van der Waals surface area (Å²) in [4.78, 5) is 23.5. The van der Waals surface area contributed by atoms with Crippen LogP contribution in [-0.2, 0) is 20.6 Å². The van der Waals surface area contributed by atoms with Crippen molar-refractivity contribution in [2.45, 2.75) is 12.6 Å². The predicted molar refractivity (Wildman–Crippen MR) is 131 cm³/mol. The molecule has 1 atom stereocenters. The number of hydrogen-bond acceptors (Lipinski definition) is 5. The van der Waals surface area contributed by atoms with Crippen LogP contribution in [0.25, 0.3) is 11.0 Å². The predicted octanol–water partition coefficient (Wildman–Crippen LogP) is 3.95. The van der Waals surface area contributed by atoms with E-state index in [9.17, 15) is 19.8 Å². The minimum atomic E-state index is -1.10. The molecule has 0 saturated carbocycles. The topological polar surface area (TPSA) is 106 Å². The van der Waals surface area contributed by atoms with Crippen LogP contribution in [-0.4, -0.2) is 31.9 Å². The second kappa shape index (κ2) is 9.62. The van der Waals surface area contributed by atoms with Gasteiger partial charge in [0.15, 0.2) is 0 Å². The number of aliphatic hydroxyl groups excluding tert-OH is 1. The van der Waals surface area contributed by atoms with Gasteiger partial charge in [-0.25, -0.2) is 9.59 Å². The van der Waals surface area contributed by atoms with Gasteiger partial charge in [0.1, 0.15) is 18.5 Å². The average molecular weight is 482 g/mol. The number of nitrogens with one attached hydrogen (secondary N) is 1. The number of hydrogen-bond donors (Lipinski definition) is 3. The molecule has 1 heterocycles. The van der Waals surface area contributed by atoms with Gasteiger partial charge in [0.2, 0.25) is 0 Å². The van der Waals surface area contributed by atoms with Crippen LogP contribution in [0.15, 0.2) is 65.5 Å². The first kappa shape index (κ1) is 23.4. The standard InChI is InChI=1S/C25H24ClN3O5/c1-28-20-10-7-15(11-21(20)29(2)25(28)33)22(30)14-34-23-6-4-3-5-16(23)13-27-17-8-9-19(26)18(12-17)24(31)32/h3-12,22,27,30H,13-14H2,1-2H3,(H,31,32). The lowest BCUT2D eigenvalue weighted by Gasteiger charge is -2.16. The number of nitrogens with zero attached hydrogens (tertiary/aromatic N) is 2. The first-order chi connectivity index (χ1) is 16.3. The number of aromatic carboxylic acids is 1. The van der Waals surface area contributed by atoms with E-state index in [1.165, 1.54) is 12.1 Å². The van der Waals surface area contributed by atoms with Gasteiger partial charge in [0.05, 0.1) is 21.6 Å². The van der Waals surface area contributed by atoms with Gasteiger partial charge < -0.3 is 20.3 Å². The highest BCUT2D eigenvalue weighted by Crippen LogP contribution is 2.25. The van der Waals surface area contributed by atoms with E-state index in [0.29, 0.717) is 23.5 Å². The van der Waals surface area contributed by atoms with Crippen LogP contribution in [0.5, 0.6) is 5.75 Å². The summed E-state index contributed by atoms with van der Waals surface area (Å²) >= 11 is 5.93. The van der Waals surface area contributed by atoms with Gasteiger partial charge in [0, 0.05) is 31.9 Å². The van der Waals surface area contributed by atoms with Gasteiger partial charge in [-0.15, -0.1) is 0 Å². The molecule has 0 spiro atoms. The molecule has 0 fully saturated rings. The fourth-order valence-electron chi connectivity index (χ4n) is 3.78. The monoisotopic (exact) mass is 481 g/mol. The number of aryl methyl sites for hydroxylation is 2. The SMILES string of the molecule is Cn1c(=O)n(C)c2cc(C(O)COc3ccccc3CNc3ccc(Cl)c(C(=O)O)c3)ccc21. The zero-order chi connectivity index (χ0) is 24.4. The Balaban J connectivity index is 1.46. The molecule has 4 aromatic rings. The van der Waals surface area contributed by atoms with Gasteiger partial charge in [-0.3, -0.25) is 9.13 Å². The maximum Gasteiger partial charge on any atom is 0.337 e. The molecular formula is C25H24ClN3O5. The average Bonchev–Trinajstić information content (AvgIpc) is 3.05. The minimum absolute atomic E-state index is 0.0206. The summed E-state index contributed by atoms with van der Waals surface area (Å²) in [5.41, 5.74) is 3.50. The van der Waals surface area contributed by atoms with Gasteiger partial charge in [-0.2, -0.15) is 0 Å². The van der Waals surface area contributed by atoms with E-state index in [1.807, 2.05) is 24.3 Å². The summed E-state index contributed by atoms with van der Waals surface area (Å²) in [7, 11) is 3.40. The number of fused-ring (bicyclic) bond motifs is 1. The first-order valence-electron chi connectivity index (χ1n) is 10.6. The van der Waals surface area contributed by atoms with E-state index < -0.39 is 12.1 Å². The van der Waals surface area contributed by atoms with Crippen molar-refractivity contribution in [1.82, 2.24) is 9.13 Å². The number of para-hydroxylation sites is 1. The molecule has 0 bridgehead atoms. The zero-order valence-corrected chi connectivity index (χ0v) is 19.4. The summed E-state index contributed by atoms with van der Waals surface area (Å²) in [6.07, 6.45) is -0.893. The Morgan fingerprint density at radius 1 is 1.06 bits per heavy atom. The van der Waals surface area contributed by atoms with Gasteiger partial charge in [-0.05, 0) is 42.0 Å². The molecule has 0 saturated heterocycles. The number of carbonyl (C=O) groups is 1. The van der Waals surface area contributed by atoms with Crippen LogP contribution in [0, 0.1) is 0 Å². The molecule has 0 amide bonds. The summed E-state index contributed by atoms with van der Waals surface area (Å²) in [6, 6.07) is 17.5.